The largest absolute Gasteiger partial charge is 0.483 e. The van der Waals surface area contributed by atoms with Crippen LogP contribution in [0.1, 0.15) is 21.9 Å². The highest BCUT2D eigenvalue weighted by molar-refractivity contribution is 5.90. The molecule has 5 nitrogen and oxygen atoms in total. The molecule has 0 bridgehead atoms. The van der Waals surface area contributed by atoms with Gasteiger partial charge in [-0.05, 0) is 36.8 Å². The molecule has 3 N–H and O–H groups in total. The second-order valence-corrected chi connectivity index (χ2v) is 3.96. The van der Waals surface area contributed by atoms with E-state index in [0.717, 1.165) is 5.56 Å². The number of benzene rings is 1. The maximum absolute atomic E-state index is 13.4. The van der Waals surface area contributed by atoms with Crippen LogP contribution in [0.25, 0.3) is 0 Å². The Hall–Kier alpha value is -2.34. The molecule has 0 unspecified atom stereocenters. The maximum atomic E-state index is 13.4. The van der Waals surface area contributed by atoms with Gasteiger partial charge in [0, 0.05) is 0 Å². The number of aryl methyl sites for hydroxylation is 1. The first kappa shape index (κ1) is 13.1. The van der Waals surface area contributed by atoms with Crippen LogP contribution in [0.3, 0.4) is 0 Å². The molecule has 1 heterocycles. The summed E-state index contributed by atoms with van der Waals surface area (Å²) in [7, 11) is 0. The standard InChI is InChI=1S/C13H13FN2O3/c1-8-2-4-10(14)12(6-8)18-7-9-3-5-11(19-9)13(17)16-15/h2-6H,7,15H2,1H3,(H,16,17). The van der Waals surface area contributed by atoms with Crippen molar-refractivity contribution in [2.45, 2.75) is 13.5 Å². The second-order valence-electron chi connectivity index (χ2n) is 3.96. The van der Waals surface area contributed by atoms with Crippen molar-refractivity contribution in [3.05, 3.63) is 53.2 Å². The molecule has 0 radical (unpaired) electrons. The molecule has 100 valence electrons. The van der Waals surface area contributed by atoms with Crippen LogP contribution in [0.2, 0.25) is 0 Å². The minimum atomic E-state index is -0.534. The van der Waals surface area contributed by atoms with Crippen LogP contribution in [0.5, 0.6) is 5.75 Å². The number of nitrogens with two attached hydrogens (primary N) is 1. The fraction of sp³-hybridized carbons (Fsp3) is 0.154. The molecule has 1 aromatic heterocycles. The monoisotopic (exact) mass is 264 g/mol. The van der Waals surface area contributed by atoms with E-state index in [2.05, 4.69) is 0 Å². The summed E-state index contributed by atoms with van der Waals surface area (Å²) in [6.07, 6.45) is 0. The van der Waals surface area contributed by atoms with E-state index in [-0.39, 0.29) is 18.1 Å². The number of ether oxygens (including phenoxy) is 1. The lowest BCUT2D eigenvalue weighted by Crippen LogP contribution is -2.29. The van der Waals surface area contributed by atoms with Crippen LogP contribution < -0.4 is 16.0 Å². The van der Waals surface area contributed by atoms with Crippen molar-refractivity contribution in [1.82, 2.24) is 5.43 Å². The lowest BCUT2D eigenvalue weighted by molar-refractivity contribution is 0.0921. The Bertz CT molecular complexity index is 595. The number of carbonyl (C=O) groups excluding carboxylic acids is 1. The first-order valence-corrected chi connectivity index (χ1v) is 5.59. The average molecular weight is 264 g/mol. The van der Waals surface area contributed by atoms with E-state index in [1.165, 1.54) is 12.1 Å². The summed E-state index contributed by atoms with van der Waals surface area (Å²) in [5.74, 6) is 4.61. The zero-order valence-electron chi connectivity index (χ0n) is 10.3. The molecule has 0 atom stereocenters. The van der Waals surface area contributed by atoms with Crippen LogP contribution in [0, 0.1) is 12.7 Å². The van der Waals surface area contributed by atoms with E-state index in [9.17, 15) is 9.18 Å². The van der Waals surface area contributed by atoms with Crippen molar-refractivity contribution in [3.8, 4) is 5.75 Å². The Balaban J connectivity index is 2.04. The quantitative estimate of drug-likeness (QED) is 0.502. The number of nitrogen functional groups attached to an aromatic ring is 1. The first-order valence-electron chi connectivity index (χ1n) is 5.59. The van der Waals surface area contributed by atoms with E-state index in [4.69, 9.17) is 15.0 Å². The van der Waals surface area contributed by atoms with Gasteiger partial charge in [-0.3, -0.25) is 10.2 Å². The number of hydrogen-bond donors (Lipinski definition) is 2. The third-order valence-electron chi connectivity index (χ3n) is 2.47. The third-order valence-corrected chi connectivity index (χ3v) is 2.47. The molecule has 1 amide bonds. The van der Waals surface area contributed by atoms with Crippen molar-refractivity contribution in [2.75, 3.05) is 0 Å². The summed E-state index contributed by atoms with van der Waals surface area (Å²) >= 11 is 0. The van der Waals surface area contributed by atoms with Crippen molar-refractivity contribution in [1.29, 1.82) is 0 Å². The summed E-state index contributed by atoms with van der Waals surface area (Å²) in [6, 6.07) is 7.61. The number of halogens is 1. The first-order chi connectivity index (χ1) is 9.10. The zero-order valence-corrected chi connectivity index (χ0v) is 10.3. The highest BCUT2D eigenvalue weighted by Gasteiger charge is 2.10. The molecule has 0 aliphatic rings. The van der Waals surface area contributed by atoms with Gasteiger partial charge in [0.2, 0.25) is 0 Å². The molecule has 19 heavy (non-hydrogen) atoms. The molecule has 0 spiro atoms. The van der Waals surface area contributed by atoms with Gasteiger partial charge >= 0.3 is 5.91 Å². The number of furan rings is 1. The number of amides is 1. The number of hydrazine groups is 1. The minimum Gasteiger partial charge on any atom is -0.483 e. The van der Waals surface area contributed by atoms with Crippen LogP contribution in [0.15, 0.2) is 34.7 Å². The highest BCUT2D eigenvalue weighted by Crippen LogP contribution is 2.20. The maximum Gasteiger partial charge on any atom is 0.300 e. The molecule has 2 aromatic rings. The number of carbonyl (C=O) groups is 1. The normalized spacial score (nSPS) is 10.3. The molecule has 1 aromatic carbocycles. The van der Waals surface area contributed by atoms with Gasteiger partial charge in [-0.1, -0.05) is 6.07 Å². The van der Waals surface area contributed by atoms with Crippen LogP contribution >= 0.6 is 0 Å². The number of nitrogens with one attached hydrogen (secondary N) is 1. The predicted molar refractivity (Wildman–Crippen MR) is 65.8 cm³/mol. The summed E-state index contributed by atoms with van der Waals surface area (Å²) in [6.45, 7) is 1.86. The second kappa shape index (κ2) is 5.53. The summed E-state index contributed by atoms with van der Waals surface area (Å²) in [5, 5.41) is 0. The van der Waals surface area contributed by atoms with E-state index in [0.29, 0.717) is 5.76 Å². The fourth-order valence-corrected chi connectivity index (χ4v) is 1.52. The van der Waals surface area contributed by atoms with E-state index >= 15 is 0 Å². The molecule has 0 saturated heterocycles. The lowest BCUT2D eigenvalue weighted by Gasteiger charge is -2.06. The Morgan fingerprint density at radius 3 is 2.95 bits per heavy atom. The zero-order chi connectivity index (χ0) is 13.8. The van der Waals surface area contributed by atoms with Gasteiger partial charge in [-0.25, -0.2) is 10.2 Å². The van der Waals surface area contributed by atoms with Crippen LogP contribution in [0.4, 0.5) is 4.39 Å². The van der Waals surface area contributed by atoms with Gasteiger partial charge in [0.25, 0.3) is 0 Å². The molecule has 6 heteroatoms. The minimum absolute atomic E-state index is 0.0260. The van der Waals surface area contributed by atoms with Gasteiger partial charge in [0.05, 0.1) is 0 Å². The predicted octanol–water partition coefficient (Wildman–Crippen LogP) is 1.91. The number of hydrogen-bond acceptors (Lipinski definition) is 4. The Labute approximate surface area is 109 Å². The van der Waals surface area contributed by atoms with Crippen LogP contribution in [-0.4, -0.2) is 5.91 Å². The highest BCUT2D eigenvalue weighted by atomic mass is 19.1. The van der Waals surface area contributed by atoms with Gasteiger partial charge in [-0.2, -0.15) is 0 Å². The molecular weight excluding hydrogens is 251 g/mol. The molecule has 2 rings (SSSR count). The van der Waals surface area contributed by atoms with E-state index < -0.39 is 11.7 Å². The SMILES string of the molecule is Cc1ccc(F)c(OCc2ccc(C(=O)NN)o2)c1. The van der Waals surface area contributed by atoms with Gasteiger partial charge in [0.15, 0.2) is 17.3 Å². The van der Waals surface area contributed by atoms with E-state index in [1.807, 2.05) is 12.3 Å². The van der Waals surface area contributed by atoms with Gasteiger partial charge < -0.3 is 9.15 Å². The van der Waals surface area contributed by atoms with E-state index in [1.54, 1.807) is 18.2 Å². The summed E-state index contributed by atoms with van der Waals surface area (Å²) in [5.41, 5.74) is 2.84. The van der Waals surface area contributed by atoms with Gasteiger partial charge in [0.1, 0.15) is 12.4 Å². The Morgan fingerprint density at radius 1 is 1.42 bits per heavy atom. The molecule has 0 fully saturated rings. The fourth-order valence-electron chi connectivity index (χ4n) is 1.52. The van der Waals surface area contributed by atoms with Crippen LogP contribution in [-0.2, 0) is 6.61 Å². The van der Waals surface area contributed by atoms with Crippen molar-refractivity contribution >= 4 is 5.91 Å². The summed E-state index contributed by atoms with van der Waals surface area (Å²) in [4.78, 5) is 11.2. The third kappa shape index (κ3) is 3.11. The molecule has 0 aliphatic carbocycles. The Kier molecular flexibility index (Phi) is 3.82. The average Bonchev–Trinajstić information content (AvgIpc) is 2.88. The lowest BCUT2D eigenvalue weighted by atomic mass is 10.2. The smallest absolute Gasteiger partial charge is 0.300 e. The Morgan fingerprint density at radius 2 is 2.21 bits per heavy atom. The van der Waals surface area contributed by atoms with Gasteiger partial charge in [-0.15, -0.1) is 0 Å². The molecule has 0 aliphatic heterocycles. The number of rotatable bonds is 4. The van der Waals surface area contributed by atoms with Crippen molar-refractivity contribution < 1.29 is 18.3 Å². The van der Waals surface area contributed by atoms with Crippen molar-refractivity contribution in [3.63, 3.8) is 0 Å². The molecule has 0 saturated carbocycles. The van der Waals surface area contributed by atoms with Crippen molar-refractivity contribution in [2.24, 2.45) is 5.84 Å². The topological polar surface area (TPSA) is 77.5 Å². The molecular formula is C13H13FN2O3. The summed E-state index contributed by atoms with van der Waals surface area (Å²) < 4.78 is 23.9.